The Morgan fingerprint density at radius 1 is 1.22 bits per heavy atom. The molecule has 0 N–H and O–H groups in total. The largest absolute Gasteiger partial charge is 0.314 e. The van der Waals surface area contributed by atoms with Crippen LogP contribution < -0.4 is 5.56 Å². The van der Waals surface area contributed by atoms with Crippen molar-refractivity contribution in [3.63, 3.8) is 0 Å². The molecule has 0 aliphatic carbocycles. The lowest BCUT2D eigenvalue weighted by atomic mass is 10.1. The second kappa shape index (κ2) is 6.34. The third-order valence-electron chi connectivity index (χ3n) is 3.66. The van der Waals surface area contributed by atoms with Gasteiger partial charge in [0, 0.05) is 24.5 Å². The summed E-state index contributed by atoms with van der Waals surface area (Å²) in [6, 6.07) is 3.57. The van der Waals surface area contributed by atoms with E-state index in [1.54, 1.807) is 27.5 Å². The first-order chi connectivity index (χ1) is 11.0. The molecule has 0 saturated heterocycles. The van der Waals surface area contributed by atoms with Crippen LogP contribution in [0.4, 0.5) is 0 Å². The van der Waals surface area contributed by atoms with Crippen molar-refractivity contribution in [3.05, 3.63) is 51.1 Å². The third-order valence-corrected chi connectivity index (χ3v) is 4.29. The molecule has 0 bridgehead atoms. The van der Waals surface area contributed by atoms with Gasteiger partial charge in [-0.05, 0) is 24.5 Å². The Morgan fingerprint density at radius 2 is 2.00 bits per heavy atom. The smallest absolute Gasteiger partial charge is 0.269 e. The summed E-state index contributed by atoms with van der Waals surface area (Å²) in [6.45, 7) is 4.89. The van der Waals surface area contributed by atoms with Crippen molar-refractivity contribution in [1.82, 2.24) is 19.2 Å². The molecule has 7 heteroatoms. The molecule has 0 aliphatic rings. The van der Waals surface area contributed by atoms with Crippen LogP contribution in [0.25, 0.3) is 16.9 Å². The topological polar surface area (TPSA) is 52.2 Å². The maximum atomic E-state index is 12.4. The highest BCUT2D eigenvalue weighted by molar-refractivity contribution is 6.33. The fourth-order valence-corrected chi connectivity index (χ4v) is 2.75. The molecule has 120 valence electrons. The number of pyridine rings is 1. The highest BCUT2D eigenvalue weighted by Gasteiger charge is 2.13. The zero-order chi connectivity index (χ0) is 16.6. The van der Waals surface area contributed by atoms with Gasteiger partial charge in [-0.15, -0.1) is 0 Å². The minimum Gasteiger partial charge on any atom is -0.314 e. The number of fused-ring (bicyclic) bond motifs is 1. The van der Waals surface area contributed by atoms with Gasteiger partial charge in [0.2, 0.25) is 0 Å². The molecule has 0 spiro atoms. The zero-order valence-electron chi connectivity index (χ0n) is 12.8. The standard InChI is InChI=1S/C16H16Cl2N4O/c1-10(2)3-6-21-7-4-11(14(18)16(21)23)13-5-8-22-15(20-13)12(17)9-19-22/h4-5,7-10H,3,6H2,1-2H3. The monoisotopic (exact) mass is 350 g/mol. The maximum Gasteiger partial charge on any atom is 0.269 e. The van der Waals surface area contributed by atoms with Crippen LogP contribution in [-0.4, -0.2) is 19.2 Å². The zero-order valence-corrected chi connectivity index (χ0v) is 14.3. The summed E-state index contributed by atoms with van der Waals surface area (Å²) < 4.78 is 3.21. The summed E-state index contributed by atoms with van der Waals surface area (Å²) in [5.74, 6) is 0.522. The molecule has 3 rings (SSSR count). The van der Waals surface area contributed by atoms with E-state index in [1.807, 2.05) is 6.07 Å². The van der Waals surface area contributed by atoms with Crippen molar-refractivity contribution < 1.29 is 0 Å². The van der Waals surface area contributed by atoms with Crippen LogP contribution in [0.3, 0.4) is 0 Å². The Balaban J connectivity index is 2.03. The fourth-order valence-electron chi connectivity index (χ4n) is 2.31. The van der Waals surface area contributed by atoms with Gasteiger partial charge >= 0.3 is 0 Å². The Labute approximate surface area is 143 Å². The molecule has 0 aromatic carbocycles. The van der Waals surface area contributed by atoms with Gasteiger partial charge in [0.25, 0.3) is 5.56 Å². The number of aromatic nitrogens is 4. The maximum absolute atomic E-state index is 12.4. The van der Waals surface area contributed by atoms with Crippen LogP contribution in [0.1, 0.15) is 20.3 Å². The van der Waals surface area contributed by atoms with Crippen molar-refractivity contribution >= 4 is 28.8 Å². The lowest BCUT2D eigenvalue weighted by Gasteiger charge is -2.10. The van der Waals surface area contributed by atoms with Crippen LogP contribution in [0.5, 0.6) is 0 Å². The minimum atomic E-state index is -0.203. The molecule has 0 aliphatic heterocycles. The molecule has 23 heavy (non-hydrogen) atoms. The lowest BCUT2D eigenvalue weighted by Crippen LogP contribution is -2.21. The first-order valence-electron chi connectivity index (χ1n) is 7.36. The van der Waals surface area contributed by atoms with Crippen molar-refractivity contribution in [3.8, 4) is 11.3 Å². The van der Waals surface area contributed by atoms with Crippen LogP contribution in [-0.2, 0) is 6.54 Å². The van der Waals surface area contributed by atoms with E-state index in [0.717, 1.165) is 6.42 Å². The van der Waals surface area contributed by atoms with E-state index < -0.39 is 0 Å². The molecule has 0 unspecified atom stereocenters. The first-order valence-corrected chi connectivity index (χ1v) is 8.12. The van der Waals surface area contributed by atoms with E-state index in [0.29, 0.717) is 34.4 Å². The molecule has 0 fully saturated rings. The van der Waals surface area contributed by atoms with Crippen molar-refractivity contribution in [1.29, 1.82) is 0 Å². The molecule has 3 aromatic heterocycles. The van der Waals surface area contributed by atoms with Gasteiger partial charge in [-0.1, -0.05) is 37.0 Å². The number of nitrogens with zero attached hydrogens (tertiary/aromatic N) is 4. The number of hydrogen-bond donors (Lipinski definition) is 0. The van der Waals surface area contributed by atoms with Crippen LogP contribution in [0.2, 0.25) is 10.0 Å². The van der Waals surface area contributed by atoms with Gasteiger partial charge in [0.15, 0.2) is 5.65 Å². The molecular weight excluding hydrogens is 335 g/mol. The summed E-state index contributed by atoms with van der Waals surface area (Å²) in [7, 11) is 0. The predicted octanol–water partition coefficient (Wildman–Crippen LogP) is 3.91. The van der Waals surface area contributed by atoms with Crippen LogP contribution in [0.15, 0.2) is 35.5 Å². The Bertz CT molecular complexity index is 914. The van der Waals surface area contributed by atoms with Gasteiger partial charge in [-0.3, -0.25) is 4.79 Å². The van der Waals surface area contributed by atoms with E-state index in [-0.39, 0.29) is 10.6 Å². The second-order valence-electron chi connectivity index (χ2n) is 5.80. The average Bonchev–Trinajstić information content (AvgIpc) is 2.89. The minimum absolute atomic E-state index is 0.170. The third kappa shape index (κ3) is 3.12. The molecule has 0 atom stereocenters. The van der Waals surface area contributed by atoms with E-state index in [4.69, 9.17) is 23.2 Å². The molecule has 5 nitrogen and oxygen atoms in total. The first kappa shape index (κ1) is 16.0. The summed E-state index contributed by atoms with van der Waals surface area (Å²) in [5.41, 5.74) is 1.52. The van der Waals surface area contributed by atoms with E-state index >= 15 is 0 Å². The number of halogens is 2. The summed E-state index contributed by atoms with van der Waals surface area (Å²) in [5, 5.41) is 4.69. The normalized spacial score (nSPS) is 11.5. The number of rotatable bonds is 4. The van der Waals surface area contributed by atoms with E-state index in [9.17, 15) is 4.79 Å². The highest BCUT2D eigenvalue weighted by atomic mass is 35.5. The van der Waals surface area contributed by atoms with Crippen molar-refractivity contribution in [2.45, 2.75) is 26.8 Å². The van der Waals surface area contributed by atoms with Crippen LogP contribution in [0, 0.1) is 5.92 Å². The van der Waals surface area contributed by atoms with Gasteiger partial charge in [-0.2, -0.15) is 5.10 Å². The van der Waals surface area contributed by atoms with Crippen molar-refractivity contribution in [2.75, 3.05) is 0 Å². The Morgan fingerprint density at radius 3 is 2.74 bits per heavy atom. The molecule has 0 radical (unpaired) electrons. The molecule has 0 amide bonds. The SMILES string of the molecule is CC(C)CCn1ccc(-c2ccn3ncc(Cl)c3n2)c(Cl)c1=O. The molecule has 3 heterocycles. The molecule has 0 saturated carbocycles. The Kier molecular flexibility index (Phi) is 4.41. The van der Waals surface area contributed by atoms with Crippen LogP contribution >= 0.6 is 23.2 Å². The molecule has 3 aromatic rings. The number of aryl methyl sites for hydroxylation is 1. The summed E-state index contributed by atoms with van der Waals surface area (Å²) in [6.07, 6.45) is 5.95. The van der Waals surface area contributed by atoms with Gasteiger partial charge in [0.1, 0.15) is 10.0 Å². The highest BCUT2D eigenvalue weighted by Crippen LogP contribution is 2.25. The quantitative estimate of drug-likeness (QED) is 0.716. The average molecular weight is 351 g/mol. The Hall–Kier alpha value is -1.85. The van der Waals surface area contributed by atoms with Gasteiger partial charge < -0.3 is 4.57 Å². The lowest BCUT2D eigenvalue weighted by molar-refractivity contribution is 0.508. The predicted molar refractivity (Wildman–Crippen MR) is 92.2 cm³/mol. The van der Waals surface area contributed by atoms with Crippen molar-refractivity contribution in [2.24, 2.45) is 5.92 Å². The second-order valence-corrected chi connectivity index (χ2v) is 6.58. The molecular formula is C16H16Cl2N4O. The number of hydrogen-bond acceptors (Lipinski definition) is 3. The summed E-state index contributed by atoms with van der Waals surface area (Å²) in [4.78, 5) is 16.9. The van der Waals surface area contributed by atoms with E-state index in [2.05, 4.69) is 23.9 Å². The summed E-state index contributed by atoms with van der Waals surface area (Å²) >= 11 is 12.3. The van der Waals surface area contributed by atoms with E-state index in [1.165, 1.54) is 6.20 Å². The van der Waals surface area contributed by atoms with Gasteiger partial charge in [-0.25, -0.2) is 9.50 Å². The van der Waals surface area contributed by atoms with Gasteiger partial charge in [0.05, 0.1) is 11.9 Å². The fraction of sp³-hybridized carbons (Fsp3) is 0.312.